The zero-order valence-electron chi connectivity index (χ0n) is 11.3. The summed E-state index contributed by atoms with van der Waals surface area (Å²) in [5.41, 5.74) is 0.902. The summed E-state index contributed by atoms with van der Waals surface area (Å²) in [6, 6.07) is 1.80. The van der Waals surface area contributed by atoms with Crippen LogP contribution in [0.5, 0.6) is 0 Å². The van der Waals surface area contributed by atoms with Crippen LogP contribution in [0.4, 0.5) is 0 Å². The highest BCUT2D eigenvalue weighted by Crippen LogP contribution is 2.07. The molecule has 2 heterocycles. The topological polar surface area (TPSA) is 119 Å². The predicted molar refractivity (Wildman–Crippen MR) is 72.0 cm³/mol. The van der Waals surface area contributed by atoms with E-state index in [0.717, 1.165) is 16.6 Å². The smallest absolute Gasteiger partial charge is 0.325 e. The third kappa shape index (κ3) is 3.89. The molecule has 0 unspecified atom stereocenters. The van der Waals surface area contributed by atoms with Gasteiger partial charge in [0.15, 0.2) is 0 Å². The number of hydrogen-bond acceptors (Lipinski definition) is 5. The van der Waals surface area contributed by atoms with Crippen molar-refractivity contribution in [2.24, 2.45) is 7.05 Å². The van der Waals surface area contributed by atoms with Crippen molar-refractivity contribution in [3.05, 3.63) is 30.4 Å². The van der Waals surface area contributed by atoms with Gasteiger partial charge in [0.25, 0.3) is 0 Å². The van der Waals surface area contributed by atoms with Crippen LogP contribution in [0.15, 0.2) is 29.6 Å². The number of aromatic nitrogens is 4. The Balaban J connectivity index is 1.96. The first kappa shape index (κ1) is 15.2. The Hall–Kier alpha value is -2.20. The standard InChI is InChI=1S/C11H15N5O4S/c1-15-9(2-4-12-15)3-5-14-21(19,20)10-6-13-16(7-10)8-11(17)18/h2,4,6-7,14H,3,5,8H2,1H3,(H,17,18). The van der Waals surface area contributed by atoms with Gasteiger partial charge in [0.2, 0.25) is 10.0 Å². The number of rotatable bonds is 7. The van der Waals surface area contributed by atoms with E-state index in [4.69, 9.17) is 5.11 Å². The fraction of sp³-hybridized carbons (Fsp3) is 0.364. The van der Waals surface area contributed by atoms with Crippen molar-refractivity contribution >= 4 is 16.0 Å². The molecule has 0 bridgehead atoms. The molecule has 0 aromatic carbocycles. The molecule has 0 saturated carbocycles. The van der Waals surface area contributed by atoms with Crippen LogP contribution in [0.3, 0.4) is 0 Å². The van der Waals surface area contributed by atoms with Crippen LogP contribution in [0, 0.1) is 0 Å². The van der Waals surface area contributed by atoms with Crippen LogP contribution in [0.25, 0.3) is 0 Å². The molecule has 114 valence electrons. The lowest BCUT2D eigenvalue weighted by molar-refractivity contribution is -0.137. The summed E-state index contributed by atoms with van der Waals surface area (Å²) in [5, 5.41) is 16.3. The van der Waals surface area contributed by atoms with Crippen molar-refractivity contribution < 1.29 is 18.3 Å². The molecular weight excluding hydrogens is 298 g/mol. The zero-order valence-corrected chi connectivity index (χ0v) is 12.1. The number of aliphatic carboxylic acids is 1. The molecular formula is C11H15N5O4S. The second-order valence-electron chi connectivity index (χ2n) is 4.36. The maximum atomic E-state index is 12.0. The Morgan fingerprint density at radius 3 is 2.81 bits per heavy atom. The number of sulfonamides is 1. The lowest BCUT2D eigenvalue weighted by Gasteiger charge is -2.05. The number of aryl methyl sites for hydroxylation is 1. The van der Waals surface area contributed by atoms with Crippen LogP contribution in [0.1, 0.15) is 5.69 Å². The first-order chi connectivity index (χ1) is 9.88. The third-order valence-corrected chi connectivity index (χ3v) is 4.23. The number of carboxylic acid groups (broad SMARTS) is 1. The Bertz CT molecular complexity index is 733. The fourth-order valence-corrected chi connectivity index (χ4v) is 2.74. The van der Waals surface area contributed by atoms with E-state index in [1.807, 2.05) is 0 Å². The molecule has 2 rings (SSSR count). The molecule has 0 atom stereocenters. The lowest BCUT2D eigenvalue weighted by atomic mass is 10.3. The Labute approximate surface area is 121 Å². The Morgan fingerprint density at radius 2 is 2.19 bits per heavy atom. The van der Waals surface area contributed by atoms with Gasteiger partial charge in [0.1, 0.15) is 11.4 Å². The van der Waals surface area contributed by atoms with Crippen molar-refractivity contribution in [3.8, 4) is 0 Å². The monoisotopic (exact) mass is 313 g/mol. The van der Waals surface area contributed by atoms with Crippen molar-refractivity contribution in [2.45, 2.75) is 17.9 Å². The number of carbonyl (C=O) groups is 1. The summed E-state index contributed by atoms with van der Waals surface area (Å²) in [6.45, 7) is -0.170. The molecule has 0 aliphatic rings. The quantitative estimate of drug-likeness (QED) is 0.692. The second kappa shape index (κ2) is 6.06. The van der Waals surface area contributed by atoms with E-state index in [0.29, 0.717) is 6.42 Å². The minimum atomic E-state index is -3.70. The molecule has 0 radical (unpaired) electrons. The van der Waals surface area contributed by atoms with Crippen LogP contribution in [-0.4, -0.2) is 45.6 Å². The maximum absolute atomic E-state index is 12.0. The summed E-state index contributed by atoms with van der Waals surface area (Å²) in [5.74, 6) is -1.09. The minimum Gasteiger partial charge on any atom is -0.480 e. The molecule has 0 aliphatic heterocycles. The van der Waals surface area contributed by atoms with E-state index in [1.165, 1.54) is 6.20 Å². The van der Waals surface area contributed by atoms with Crippen LogP contribution < -0.4 is 4.72 Å². The van der Waals surface area contributed by atoms with Gasteiger partial charge in [0.05, 0.1) is 6.20 Å². The largest absolute Gasteiger partial charge is 0.480 e. The first-order valence-corrected chi connectivity index (χ1v) is 7.57. The maximum Gasteiger partial charge on any atom is 0.325 e. The van der Waals surface area contributed by atoms with Gasteiger partial charge in [-0.3, -0.25) is 14.2 Å². The SMILES string of the molecule is Cn1nccc1CCNS(=O)(=O)c1cnn(CC(=O)O)c1. The highest BCUT2D eigenvalue weighted by atomic mass is 32.2. The fourth-order valence-electron chi connectivity index (χ4n) is 1.75. The lowest BCUT2D eigenvalue weighted by Crippen LogP contribution is -2.26. The normalized spacial score (nSPS) is 11.7. The summed E-state index contributed by atoms with van der Waals surface area (Å²) in [4.78, 5) is 10.5. The zero-order chi connectivity index (χ0) is 15.5. The van der Waals surface area contributed by atoms with E-state index in [2.05, 4.69) is 14.9 Å². The van der Waals surface area contributed by atoms with Crippen LogP contribution in [-0.2, 0) is 34.8 Å². The molecule has 2 aromatic heterocycles. The molecule has 0 saturated heterocycles. The first-order valence-electron chi connectivity index (χ1n) is 6.09. The Kier molecular flexibility index (Phi) is 4.38. The number of nitrogens with zero attached hydrogens (tertiary/aromatic N) is 4. The molecule has 9 nitrogen and oxygen atoms in total. The molecule has 0 aliphatic carbocycles. The van der Waals surface area contributed by atoms with Crippen molar-refractivity contribution in [1.29, 1.82) is 0 Å². The van der Waals surface area contributed by atoms with Crippen molar-refractivity contribution in [2.75, 3.05) is 6.54 Å². The summed E-state index contributed by atoms with van der Waals surface area (Å²) < 4.78 is 29.2. The average Bonchev–Trinajstić information content (AvgIpc) is 2.99. The van der Waals surface area contributed by atoms with E-state index in [9.17, 15) is 13.2 Å². The minimum absolute atomic E-state index is 0.0613. The molecule has 0 spiro atoms. The molecule has 0 amide bonds. The number of nitrogens with one attached hydrogen (secondary N) is 1. The predicted octanol–water partition coefficient (Wildman–Crippen LogP) is -0.778. The molecule has 2 N–H and O–H groups in total. The van der Waals surface area contributed by atoms with Gasteiger partial charge < -0.3 is 5.11 Å². The van der Waals surface area contributed by atoms with Gasteiger partial charge in [-0.05, 0) is 6.07 Å². The molecule has 0 fully saturated rings. The molecule has 21 heavy (non-hydrogen) atoms. The summed E-state index contributed by atoms with van der Waals surface area (Å²) in [7, 11) is -1.92. The highest BCUT2D eigenvalue weighted by molar-refractivity contribution is 7.89. The molecule has 10 heteroatoms. The van der Waals surface area contributed by atoms with Gasteiger partial charge in [-0.15, -0.1) is 0 Å². The van der Waals surface area contributed by atoms with Crippen molar-refractivity contribution in [3.63, 3.8) is 0 Å². The number of hydrogen-bond donors (Lipinski definition) is 2. The van der Waals surface area contributed by atoms with Crippen molar-refractivity contribution in [1.82, 2.24) is 24.3 Å². The van der Waals surface area contributed by atoms with E-state index >= 15 is 0 Å². The van der Waals surface area contributed by atoms with Crippen LogP contribution in [0.2, 0.25) is 0 Å². The van der Waals surface area contributed by atoms with E-state index in [1.54, 1.807) is 24.0 Å². The van der Waals surface area contributed by atoms with Gasteiger partial charge in [0, 0.05) is 38.1 Å². The second-order valence-corrected chi connectivity index (χ2v) is 6.13. The van der Waals surface area contributed by atoms with E-state index < -0.39 is 16.0 Å². The van der Waals surface area contributed by atoms with Gasteiger partial charge >= 0.3 is 5.97 Å². The third-order valence-electron chi connectivity index (χ3n) is 2.81. The van der Waals surface area contributed by atoms with E-state index in [-0.39, 0.29) is 18.0 Å². The summed E-state index contributed by atoms with van der Waals surface area (Å²) in [6.07, 6.45) is 4.44. The number of carboxylic acids is 1. The Morgan fingerprint density at radius 1 is 1.43 bits per heavy atom. The summed E-state index contributed by atoms with van der Waals surface area (Å²) >= 11 is 0. The van der Waals surface area contributed by atoms with Gasteiger partial charge in [-0.25, -0.2) is 13.1 Å². The van der Waals surface area contributed by atoms with Gasteiger partial charge in [-0.1, -0.05) is 0 Å². The van der Waals surface area contributed by atoms with Crippen LogP contribution >= 0.6 is 0 Å². The van der Waals surface area contributed by atoms with Gasteiger partial charge in [-0.2, -0.15) is 10.2 Å². The molecule has 2 aromatic rings. The average molecular weight is 313 g/mol. The highest BCUT2D eigenvalue weighted by Gasteiger charge is 2.16.